The van der Waals surface area contributed by atoms with E-state index in [-0.39, 0.29) is 64.8 Å². The van der Waals surface area contributed by atoms with Crippen molar-refractivity contribution in [2.45, 2.75) is 101 Å². The molecule has 3 aliphatic carbocycles. The predicted octanol–water partition coefficient (Wildman–Crippen LogP) is 7.47. The Balaban J connectivity index is 0.843. The number of fused-ring (bicyclic) bond motifs is 3. The van der Waals surface area contributed by atoms with Gasteiger partial charge in [0.05, 0.1) is 23.9 Å². The number of anilines is 2. The summed E-state index contributed by atoms with van der Waals surface area (Å²) in [6, 6.07) is 19.0. The van der Waals surface area contributed by atoms with Gasteiger partial charge in [-0.05, 0) is 103 Å². The Morgan fingerprint density at radius 1 is 1.00 bits per heavy atom. The van der Waals surface area contributed by atoms with Crippen LogP contribution in [-0.4, -0.2) is 71.8 Å². The third-order valence-electron chi connectivity index (χ3n) is 14.5. The number of ether oxygens (including phenoxy) is 1. The molecule has 4 aliphatic heterocycles. The lowest BCUT2D eigenvalue weighted by Gasteiger charge is -2.68. The van der Waals surface area contributed by atoms with Gasteiger partial charge in [0.1, 0.15) is 17.6 Å². The molecule has 12 nitrogen and oxygen atoms in total. The SMILES string of the molecule is COc1cc(C(=O)NC23CC(C#Cc4cccc5c4CN(C4CCC(=O)NC4=O)C5=O)(C2)C3)ccc1NC(=O)[C@@H]1N[C@@H](CC(C)(C)C)[C@@]2(CNc3cc(Cl)ccc32)[C@H]1c1cccc(Cl)c1F. The lowest BCUT2D eigenvalue weighted by atomic mass is 9.39. The molecule has 5 N–H and O–H groups in total. The smallest absolute Gasteiger partial charge is 0.255 e. The van der Waals surface area contributed by atoms with E-state index in [2.05, 4.69) is 59.2 Å². The topological polar surface area (TPSA) is 158 Å². The monoisotopic (exact) mass is 930 g/mol. The van der Waals surface area contributed by atoms with Crippen LogP contribution >= 0.6 is 23.2 Å². The lowest BCUT2D eigenvalue weighted by Crippen LogP contribution is -2.74. The minimum Gasteiger partial charge on any atom is -0.495 e. The highest BCUT2D eigenvalue weighted by Gasteiger charge is 2.68. The molecule has 15 heteroatoms. The van der Waals surface area contributed by atoms with Crippen LogP contribution in [0.2, 0.25) is 10.0 Å². The highest BCUT2D eigenvalue weighted by molar-refractivity contribution is 6.31. The summed E-state index contributed by atoms with van der Waals surface area (Å²) in [7, 11) is 1.47. The molecule has 4 aromatic rings. The molecule has 66 heavy (non-hydrogen) atoms. The zero-order valence-corrected chi connectivity index (χ0v) is 38.4. The molecule has 0 radical (unpaired) electrons. The van der Waals surface area contributed by atoms with Crippen molar-refractivity contribution in [3.8, 4) is 17.6 Å². The number of amides is 5. The van der Waals surface area contributed by atoms with Crippen molar-refractivity contribution in [2.24, 2.45) is 10.8 Å². The van der Waals surface area contributed by atoms with Crippen molar-refractivity contribution >= 4 is 64.1 Å². The van der Waals surface area contributed by atoms with E-state index >= 15 is 4.39 Å². The summed E-state index contributed by atoms with van der Waals surface area (Å²) < 4.78 is 22.0. The molecule has 2 bridgehead atoms. The van der Waals surface area contributed by atoms with E-state index in [1.165, 1.54) is 18.1 Å². The molecule has 340 valence electrons. The second-order valence-corrected chi connectivity index (χ2v) is 20.9. The average molecular weight is 932 g/mol. The summed E-state index contributed by atoms with van der Waals surface area (Å²) in [5.74, 6) is 4.05. The molecule has 7 aliphatic rings. The third-order valence-corrected chi connectivity index (χ3v) is 15.1. The van der Waals surface area contributed by atoms with Gasteiger partial charge in [0, 0.05) is 75.2 Å². The molecule has 0 aromatic heterocycles. The largest absolute Gasteiger partial charge is 0.495 e. The van der Waals surface area contributed by atoms with Gasteiger partial charge in [0.2, 0.25) is 17.7 Å². The Bertz CT molecular complexity index is 2830. The van der Waals surface area contributed by atoms with E-state index in [0.29, 0.717) is 59.6 Å². The Morgan fingerprint density at radius 2 is 1.77 bits per heavy atom. The van der Waals surface area contributed by atoms with Crippen LogP contribution in [0.25, 0.3) is 0 Å². The predicted molar refractivity (Wildman–Crippen MR) is 248 cm³/mol. The summed E-state index contributed by atoms with van der Waals surface area (Å²) in [5, 5.41) is 16.3. The summed E-state index contributed by atoms with van der Waals surface area (Å²) in [5.41, 5.74) is 3.24. The number of nitrogens with one attached hydrogen (secondary N) is 5. The summed E-state index contributed by atoms with van der Waals surface area (Å²) in [6.45, 7) is 7.10. The Morgan fingerprint density at radius 3 is 2.52 bits per heavy atom. The number of methoxy groups -OCH3 is 1. The van der Waals surface area contributed by atoms with Gasteiger partial charge in [-0.25, -0.2) is 4.39 Å². The number of hydrogen-bond donors (Lipinski definition) is 5. The molecule has 2 saturated heterocycles. The molecular weight excluding hydrogens is 883 g/mol. The Hall–Kier alpha value is -5.94. The second kappa shape index (κ2) is 15.9. The second-order valence-electron chi connectivity index (χ2n) is 20.1. The highest BCUT2D eigenvalue weighted by Crippen LogP contribution is 2.67. The van der Waals surface area contributed by atoms with Crippen molar-refractivity contribution in [1.29, 1.82) is 0 Å². The van der Waals surface area contributed by atoms with Crippen LogP contribution in [0.3, 0.4) is 0 Å². The average Bonchev–Trinajstić information content (AvgIpc) is 3.89. The number of benzene rings is 4. The Labute approximate surface area is 392 Å². The van der Waals surface area contributed by atoms with Crippen molar-refractivity contribution in [3.63, 3.8) is 0 Å². The summed E-state index contributed by atoms with van der Waals surface area (Å²) in [6.07, 6.45) is 3.16. The van der Waals surface area contributed by atoms with Gasteiger partial charge in [0.25, 0.3) is 11.8 Å². The van der Waals surface area contributed by atoms with E-state index in [9.17, 15) is 24.0 Å². The first kappa shape index (κ1) is 43.9. The first-order chi connectivity index (χ1) is 31.4. The van der Waals surface area contributed by atoms with Crippen LogP contribution in [0.1, 0.15) is 108 Å². The van der Waals surface area contributed by atoms with Gasteiger partial charge < -0.3 is 30.9 Å². The van der Waals surface area contributed by atoms with E-state index in [1.54, 1.807) is 42.5 Å². The number of imide groups is 1. The highest BCUT2D eigenvalue weighted by atomic mass is 35.5. The fourth-order valence-electron chi connectivity index (χ4n) is 11.7. The zero-order valence-electron chi connectivity index (χ0n) is 36.9. The van der Waals surface area contributed by atoms with Crippen LogP contribution in [0.5, 0.6) is 5.75 Å². The fraction of sp³-hybridized carbons (Fsp3) is 0.392. The van der Waals surface area contributed by atoms with Crippen molar-refractivity contribution < 1.29 is 33.1 Å². The molecule has 5 atom stereocenters. The lowest BCUT2D eigenvalue weighted by molar-refractivity contribution is -0.137. The molecule has 4 aromatic carbocycles. The Kier molecular flexibility index (Phi) is 10.6. The molecule has 5 amide bonds. The summed E-state index contributed by atoms with van der Waals surface area (Å²) >= 11 is 12.9. The van der Waals surface area contributed by atoms with Crippen molar-refractivity contribution in [2.75, 3.05) is 24.3 Å². The maximum absolute atomic E-state index is 16.3. The fourth-order valence-corrected chi connectivity index (χ4v) is 12.0. The maximum Gasteiger partial charge on any atom is 0.255 e. The van der Waals surface area contributed by atoms with E-state index in [0.717, 1.165) is 22.4 Å². The minimum absolute atomic E-state index is 0.0312. The van der Waals surface area contributed by atoms with Gasteiger partial charge in [-0.3, -0.25) is 29.3 Å². The molecule has 3 saturated carbocycles. The van der Waals surface area contributed by atoms with Gasteiger partial charge in [-0.2, -0.15) is 0 Å². The number of rotatable bonds is 8. The minimum atomic E-state index is -0.904. The number of nitrogens with zero attached hydrogens (tertiary/aromatic N) is 1. The van der Waals surface area contributed by atoms with E-state index < -0.39 is 46.6 Å². The molecule has 1 unspecified atom stereocenters. The van der Waals surface area contributed by atoms with Crippen molar-refractivity contribution in [3.05, 3.63) is 122 Å². The van der Waals surface area contributed by atoms with Crippen molar-refractivity contribution in [1.82, 2.24) is 20.9 Å². The third kappa shape index (κ3) is 7.29. The molecule has 1 spiro atoms. The van der Waals surface area contributed by atoms with Gasteiger partial charge in [0.15, 0.2) is 0 Å². The number of carbonyl (C=O) groups is 5. The molecule has 11 rings (SSSR count). The van der Waals surface area contributed by atoms with Gasteiger partial charge in [-0.15, -0.1) is 0 Å². The number of halogens is 3. The van der Waals surface area contributed by atoms with Crippen LogP contribution in [0.15, 0.2) is 72.8 Å². The van der Waals surface area contributed by atoms with Crippen LogP contribution in [0, 0.1) is 28.5 Å². The maximum atomic E-state index is 16.3. The van der Waals surface area contributed by atoms with E-state index in [4.69, 9.17) is 27.9 Å². The van der Waals surface area contributed by atoms with Gasteiger partial charge >= 0.3 is 0 Å². The first-order valence-electron chi connectivity index (χ1n) is 22.3. The number of hydrogen-bond acceptors (Lipinski definition) is 8. The van der Waals surface area contributed by atoms with Crippen LogP contribution < -0.4 is 31.3 Å². The van der Waals surface area contributed by atoms with Crippen LogP contribution in [-0.2, 0) is 26.3 Å². The molecule has 4 heterocycles. The number of carbonyl (C=O) groups excluding carboxylic acids is 5. The quantitative estimate of drug-likeness (QED) is 0.0901. The van der Waals surface area contributed by atoms with Crippen LogP contribution in [0.4, 0.5) is 15.8 Å². The zero-order chi connectivity index (χ0) is 46.5. The summed E-state index contributed by atoms with van der Waals surface area (Å²) in [4.78, 5) is 67.6. The first-order valence-corrected chi connectivity index (χ1v) is 23.0. The van der Waals surface area contributed by atoms with E-state index in [1.807, 2.05) is 24.3 Å². The standard InChI is InChI=1S/C51H49Cl2FN6O6/c1-48(2,3)21-39-51(26-55-36-20-29(52)12-13-33(36)51)41(31-9-6-10-34(53)42(31)54)43(57-39)46(64)56-35-14-11-28(19-38(35)66-4)44(62)59-50-23-49(24-50,25-50)18-17-27-7-5-8-30-32(27)22-60(47(30)65)37-15-16-40(61)58-45(37)63/h5-14,19-20,37,39,41,43,55,57H,15-16,21-26H2,1-4H3,(H,56,64)(H,59,62)(H,58,61,63)/t37?,39-,41-,43+,49?,50?,51-/m0/s1. The molecular formula is C51H49Cl2FN6O6. The number of piperidine rings is 1. The normalized spacial score (nSPS) is 28.0. The van der Waals surface area contributed by atoms with Gasteiger partial charge in [-0.1, -0.05) is 80.1 Å². The molecule has 5 fully saturated rings.